The zero-order valence-corrected chi connectivity index (χ0v) is 76.4. The van der Waals surface area contributed by atoms with E-state index in [0.717, 1.165) is 102 Å². The average Bonchev–Trinajstić information content (AvgIpc) is 1.63. The van der Waals surface area contributed by atoms with Crippen LogP contribution in [-0.2, 0) is 45.4 Å². The van der Waals surface area contributed by atoms with Gasteiger partial charge in [-0.25, -0.2) is 52.1 Å². The van der Waals surface area contributed by atoms with Gasteiger partial charge in [0.1, 0.15) is 16.8 Å². The van der Waals surface area contributed by atoms with Gasteiger partial charge in [0.15, 0.2) is 0 Å². The van der Waals surface area contributed by atoms with Gasteiger partial charge in [-0.3, -0.25) is 29.7 Å². The number of nitrogens with zero attached hydrogens (tertiary/aromatic N) is 15. The van der Waals surface area contributed by atoms with Gasteiger partial charge in [0.25, 0.3) is 0 Å². The van der Waals surface area contributed by atoms with Gasteiger partial charge in [0.2, 0.25) is 10.0 Å². The van der Waals surface area contributed by atoms with Gasteiger partial charge in [0.05, 0.1) is 114 Å². The zero-order chi connectivity index (χ0) is 89.6. The molecule has 6 aliphatic rings. The fourth-order valence-electron chi connectivity index (χ4n) is 16.6. The van der Waals surface area contributed by atoms with Crippen molar-refractivity contribution in [1.82, 2.24) is 99.0 Å². The summed E-state index contributed by atoms with van der Waals surface area (Å²) in [5.41, 5.74) is 14.3. The summed E-state index contributed by atoms with van der Waals surface area (Å²) in [6, 6.07) is 26.4. The number of urea groups is 2. The number of piperazine rings is 3. The summed E-state index contributed by atoms with van der Waals surface area (Å²) in [5.74, 6) is 0. The van der Waals surface area contributed by atoms with Crippen molar-refractivity contribution in [2.45, 2.75) is 129 Å². The number of nitrogens with one attached hydrogen (secondary N) is 5. The number of ether oxygens (including phenoxy) is 3. The number of aromatic nitrogens is 9. The maximum absolute atomic E-state index is 12.9. The minimum Gasteiger partial charge on any atom is -0.444 e. The lowest BCUT2D eigenvalue weighted by Gasteiger charge is -2.40. The number of imidazole rings is 3. The van der Waals surface area contributed by atoms with Crippen LogP contribution >= 0.6 is 34.8 Å². The Labute approximate surface area is 745 Å². The van der Waals surface area contributed by atoms with Crippen LogP contribution in [0.15, 0.2) is 147 Å². The normalized spacial score (nSPS) is 18.1. The molecule has 0 saturated carbocycles. The molecule has 662 valence electrons. The van der Waals surface area contributed by atoms with Crippen LogP contribution in [0.3, 0.4) is 0 Å². The van der Waals surface area contributed by atoms with Gasteiger partial charge in [-0.2, -0.15) is 0 Å². The van der Waals surface area contributed by atoms with E-state index >= 15 is 0 Å². The molecule has 7 amide bonds. The molecular weight excluding hydrogens is 1670 g/mol. The second kappa shape index (κ2) is 38.8. The van der Waals surface area contributed by atoms with Crippen LogP contribution in [0, 0.1) is 0 Å². The summed E-state index contributed by atoms with van der Waals surface area (Å²) in [4.78, 5) is 104. The first-order valence-electron chi connectivity index (χ1n) is 41.9. The number of hydrogen-bond donors (Lipinski definition) is 5. The number of amides is 7. The molecule has 6 atom stereocenters. The number of sulfonamides is 1. The van der Waals surface area contributed by atoms with Crippen molar-refractivity contribution in [3.63, 3.8) is 0 Å². The molecule has 0 bridgehead atoms. The van der Waals surface area contributed by atoms with Crippen molar-refractivity contribution in [3.05, 3.63) is 246 Å². The first-order valence-corrected chi connectivity index (χ1v) is 44.9. The van der Waals surface area contributed by atoms with Crippen LogP contribution in [-0.4, -0.2) is 226 Å². The Morgan fingerprint density at radius 3 is 0.968 bits per heavy atom. The van der Waals surface area contributed by atoms with Crippen molar-refractivity contribution in [2.24, 2.45) is 21.1 Å². The monoisotopic (exact) mass is 1780 g/mol. The van der Waals surface area contributed by atoms with Crippen molar-refractivity contribution in [2.75, 3.05) is 97.9 Å². The molecule has 3 aliphatic heterocycles. The number of carbonyl (C=O) groups is 5. The molecule has 30 nitrogen and oxygen atoms in total. The minimum atomic E-state index is -3.62. The molecule has 9 aromatic rings. The van der Waals surface area contributed by atoms with E-state index in [4.69, 9.17) is 64.0 Å². The van der Waals surface area contributed by atoms with E-state index in [1.165, 1.54) is 0 Å². The largest absolute Gasteiger partial charge is 0.444 e. The van der Waals surface area contributed by atoms with E-state index in [0.29, 0.717) is 112 Å². The second-order valence-electron chi connectivity index (χ2n) is 34.6. The summed E-state index contributed by atoms with van der Waals surface area (Å²) in [6.07, 6.45) is 22.1. The topological polar surface area (TPSA) is 319 Å². The van der Waals surface area contributed by atoms with E-state index < -0.39 is 45.0 Å². The van der Waals surface area contributed by atoms with Crippen LogP contribution in [0.2, 0.25) is 15.1 Å². The third kappa shape index (κ3) is 22.1. The van der Waals surface area contributed by atoms with Gasteiger partial charge < -0.3 is 63.9 Å². The standard InChI is InChI=1S/2C31H38ClN7O3.C29H35ClN6O4S/c2*1-6-34-29(40)36-27(25-18-33-19-37(25)5)24-16-20-8-7-11-35-26(20)28(22-10-9-21(32)17-23(22)24)38-12-14-39(15-13-38)30(41)42-31(2,3)4;1-29(2,3)40-28(37)36-13-11-35(12-14-36)27-21-9-8-20(30)16-22(21)23(15-19-7-6-10-32-25(19)27)26(33-41(5,38)39)24-17-31-18-34(24)4/h2*7-11,16-19,27-28H,6,12-15H2,1-5H3,(H2,34,36,40);6-10,15-18,26-27,33H,11-14H2,1-5H3/t2*27?,28-;26?,27-/m000/s1. The number of fused-ring (bicyclic) bond motifs is 6. The third-order valence-electron chi connectivity index (χ3n) is 22.1. The molecule has 6 aromatic heterocycles. The molecule has 3 saturated heterocycles. The summed E-state index contributed by atoms with van der Waals surface area (Å²) in [5, 5.41) is 13.8. The Balaban J connectivity index is 0.000000161. The Morgan fingerprint density at radius 1 is 0.432 bits per heavy atom. The van der Waals surface area contributed by atoms with E-state index in [2.05, 4.69) is 67.8 Å². The Bertz CT molecular complexity index is 5430. The summed E-state index contributed by atoms with van der Waals surface area (Å²) >= 11 is 19.8. The van der Waals surface area contributed by atoms with Crippen LogP contribution in [0.4, 0.5) is 24.0 Å². The Morgan fingerprint density at radius 2 is 0.712 bits per heavy atom. The molecule has 9 heterocycles. The van der Waals surface area contributed by atoms with Crippen LogP contribution in [0.1, 0.15) is 197 Å². The second-order valence-corrected chi connectivity index (χ2v) is 37.7. The number of carbonyl (C=O) groups excluding carboxylic acids is 5. The lowest BCUT2D eigenvalue weighted by atomic mass is 9.90. The number of aryl methyl sites for hydroxylation is 3. The predicted molar refractivity (Wildman–Crippen MR) is 485 cm³/mol. The van der Waals surface area contributed by atoms with Gasteiger partial charge in [-0.15, -0.1) is 0 Å². The number of rotatable bonds is 15. The van der Waals surface area contributed by atoms with E-state index in [1.807, 2.05) is 216 Å². The highest BCUT2D eigenvalue weighted by Crippen LogP contribution is 2.49. The highest BCUT2D eigenvalue weighted by molar-refractivity contribution is 7.88. The van der Waals surface area contributed by atoms with Crippen molar-refractivity contribution >= 4 is 110 Å². The molecule has 3 fully saturated rings. The van der Waals surface area contributed by atoms with E-state index in [1.54, 1.807) is 63.0 Å². The van der Waals surface area contributed by atoms with Gasteiger partial charge >= 0.3 is 30.3 Å². The maximum atomic E-state index is 12.9. The van der Waals surface area contributed by atoms with Gasteiger partial charge in [0, 0.05) is 146 Å². The molecule has 3 aliphatic carbocycles. The highest BCUT2D eigenvalue weighted by atomic mass is 35.5. The number of benzene rings is 3. The lowest BCUT2D eigenvalue weighted by molar-refractivity contribution is 0.0109. The molecule has 125 heavy (non-hydrogen) atoms. The first kappa shape index (κ1) is 91.7. The fourth-order valence-corrected chi connectivity index (χ4v) is 17.8. The van der Waals surface area contributed by atoms with Crippen LogP contribution in [0.5, 0.6) is 0 Å². The van der Waals surface area contributed by atoms with Gasteiger partial charge in [-0.1, -0.05) is 71.2 Å². The molecule has 0 radical (unpaired) electrons. The van der Waals surface area contributed by atoms with Crippen LogP contribution < -0.4 is 26.0 Å². The van der Waals surface area contributed by atoms with Crippen molar-refractivity contribution in [1.29, 1.82) is 0 Å². The minimum absolute atomic E-state index is 0.195. The molecule has 3 unspecified atom stereocenters. The van der Waals surface area contributed by atoms with E-state index in [9.17, 15) is 32.4 Å². The zero-order valence-electron chi connectivity index (χ0n) is 73.3. The number of halogens is 3. The van der Waals surface area contributed by atoms with Crippen molar-refractivity contribution in [3.8, 4) is 0 Å². The SMILES string of the molecule is CCNC(=O)NC(C1=Cc2cccnc2[C@@H](N2CCN(C(=O)OC(C)(C)C)CC2)c2ccc(Cl)cc21)c1cncn1C.CCNC(=O)NC(C1=Cc2cccnc2[C@@H](N2CCN(C(=O)OC(C)(C)C)CC2)c2ccc(Cl)cc21)c1cncn1C.Cn1cncc1C(NS(C)(=O)=O)C1=Cc2cccnc2[C@@H](N2CCN(C(=O)OC(C)(C)C)CC2)c2ccc(Cl)cc21. The summed E-state index contributed by atoms with van der Waals surface area (Å²) < 4.78 is 50.5. The molecule has 5 N–H and O–H groups in total. The predicted octanol–water partition coefficient (Wildman–Crippen LogP) is 14.3. The molecule has 0 spiro atoms. The fraction of sp³-hybridized carbons (Fsp3) is 0.418. The number of hydrogen-bond acceptors (Lipinski definition) is 19. The lowest BCUT2D eigenvalue weighted by Crippen LogP contribution is -2.51. The summed E-state index contributed by atoms with van der Waals surface area (Å²) in [7, 11) is 2.03. The van der Waals surface area contributed by atoms with Crippen molar-refractivity contribution < 1.29 is 46.6 Å². The Kier molecular flexibility index (Phi) is 28.5. The Hall–Kier alpha value is -11.0. The molecule has 3 aromatic carbocycles. The average molecular weight is 1780 g/mol. The maximum Gasteiger partial charge on any atom is 0.410 e. The highest BCUT2D eigenvalue weighted by Gasteiger charge is 2.42. The first-order chi connectivity index (χ1) is 59.4. The molecule has 15 rings (SSSR count). The van der Waals surface area contributed by atoms with E-state index in [-0.39, 0.29) is 48.5 Å². The molecular formula is C91H111Cl3N20O10S. The van der Waals surface area contributed by atoms with Crippen LogP contribution in [0.25, 0.3) is 34.9 Å². The smallest absolute Gasteiger partial charge is 0.410 e. The third-order valence-corrected chi connectivity index (χ3v) is 23.5. The number of pyridine rings is 3. The quantitative estimate of drug-likeness (QED) is 0.0595. The summed E-state index contributed by atoms with van der Waals surface area (Å²) in [6.45, 7) is 28.5. The molecule has 34 heteroatoms. The van der Waals surface area contributed by atoms with Gasteiger partial charge in [-0.05, 0) is 216 Å².